The molecule has 2 nitrogen and oxygen atoms in total. The van der Waals surface area contributed by atoms with Gasteiger partial charge in [0.05, 0.1) is 5.54 Å². The normalized spacial score (nSPS) is 21.1. The number of nitrogen functional groups attached to an aromatic ring is 1. The number of hydrogen-bond acceptors (Lipinski definition) is 2. The van der Waals surface area contributed by atoms with Crippen molar-refractivity contribution in [2.45, 2.75) is 18.9 Å². The van der Waals surface area contributed by atoms with Gasteiger partial charge in [-0.1, -0.05) is 54.6 Å². The van der Waals surface area contributed by atoms with E-state index in [-0.39, 0.29) is 0 Å². The molecular weight excluding hydrogens is 256 g/mol. The zero-order valence-electron chi connectivity index (χ0n) is 12.2. The Morgan fingerprint density at radius 1 is 1.00 bits per heavy atom. The number of nitrogens with two attached hydrogens (primary N) is 2. The third-order valence-corrected chi connectivity index (χ3v) is 4.11. The van der Waals surface area contributed by atoms with Crippen LogP contribution in [-0.4, -0.2) is 0 Å². The van der Waals surface area contributed by atoms with Crippen LogP contribution in [0.1, 0.15) is 23.1 Å². The Kier molecular flexibility index (Phi) is 3.40. The molecule has 2 aromatic rings. The predicted molar refractivity (Wildman–Crippen MR) is 89.6 cm³/mol. The summed E-state index contributed by atoms with van der Waals surface area (Å²) >= 11 is 0. The molecule has 106 valence electrons. The molecule has 21 heavy (non-hydrogen) atoms. The molecule has 1 aliphatic carbocycles. The molecule has 1 unspecified atom stereocenters. The van der Waals surface area contributed by atoms with Crippen LogP contribution in [0.4, 0.5) is 5.69 Å². The molecule has 2 heteroatoms. The monoisotopic (exact) mass is 276 g/mol. The van der Waals surface area contributed by atoms with Gasteiger partial charge >= 0.3 is 0 Å². The summed E-state index contributed by atoms with van der Waals surface area (Å²) in [6.45, 7) is 2.11. The predicted octanol–water partition coefficient (Wildman–Crippen LogP) is 3.77. The van der Waals surface area contributed by atoms with Gasteiger partial charge in [0.2, 0.25) is 0 Å². The summed E-state index contributed by atoms with van der Waals surface area (Å²) in [5, 5.41) is 0. The second-order valence-electron chi connectivity index (χ2n) is 5.67. The van der Waals surface area contributed by atoms with Crippen molar-refractivity contribution in [1.82, 2.24) is 0 Å². The van der Waals surface area contributed by atoms with Crippen molar-refractivity contribution in [2.75, 3.05) is 5.73 Å². The molecule has 0 saturated heterocycles. The lowest BCUT2D eigenvalue weighted by molar-refractivity contribution is 0.563. The van der Waals surface area contributed by atoms with Crippen molar-refractivity contribution < 1.29 is 0 Å². The molecule has 3 rings (SSSR count). The SMILES string of the molecule is Cc1ccccc1C1(N)C=CC(c2ccc(N)cc2)=CC1. The van der Waals surface area contributed by atoms with Gasteiger partial charge in [0.1, 0.15) is 0 Å². The van der Waals surface area contributed by atoms with Crippen LogP contribution in [0, 0.1) is 6.92 Å². The second kappa shape index (κ2) is 5.23. The molecule has 0 bridgehead atoms. The van der Waals surface area contributed by atoms with Crippen LogP contribution in [0.15, 0.2) is 66.8 Å². The summed E-state index contributed by atoms with van der Waals surface area (Å²) in [5.74, 6) is 0. The standard InChI is InChI=1S/C19H20N2/c1-14-4-2-3-5-18(14)19(21)12-10-16(11-13-19)15-6-8-17(20)9-7-15/h2-12H,13,20-21H2,1H3. The lowest BCUT2D eigenvalue weighted by atomic mass is 9.80. The highest BCUT2D eigenvalue weighted by molar-refractivity contribution is 5.76. The van der Waals surface area contributed by atoms with Gasteiger partial charge in [-0.25, -0.2) is 0 Å². The quantitative estimate of drug-likeness (QED) is 0.820. The fraction of sp³-hybridized carbons (Fsp3) is 0.158. The van der Waals surface area contributed by atoms with E-state index in [4.69, 9.17) is 11.5 Å². The van der Waals surface area contributed by atoms with E-state index in [0.717, 1.165) is 12.1 Å². The number of allylic oxidation sites excluding steroid dienone is 2. The number of aryl methyl sites for hydroxylation is 1. The minimum atomic E-state index is -0.414. The number of rotatable bonds is 2. The minimum Gasteiger partial charge on any atom is -0.399 e. The highest BCUT2D eigenvalue weighted by Gasteiger charge is 2.26. The molecule has 0 radical (unpaired) electrons. The number of anilines is 1. The smallest absolute Gasteiger partial charge is 0.0636 e. The Balaban J connectivity index is 1.89. The molecule has 1 aliphatic rings. The van der Waals surface area contributed by atoms with E-state index in [9.17, 15) is 0 Å². The molecule has 0 fully saturated rings. The molecule has 1 atom stereocenters. The van der Waals surface area contributed by atoms with E-state index in [1.807, 2.05) is 36.4 Å². The number of benzene rings is 2. The first-order chi connectivity index (χ1) is 10.1. The van der Waals surface area contributed by atoms with Crippen LogP contribution in [0.2, 0.25) is 0 Å². The summed E-state index contributed by atoms with van der Waals surface area (Å²) in [5.41, 5.74) is 17.5. The fourth-order valence-corrected chi connectivity index (χ4v) is 2.84. The summed E-state index contributed by atoms with van der Waals surface area (Å²) in [7, 11) is 0. The molecule has 0 saturated carbocycles. The highest BCUT2D eigenvalue weighted by Crippen LogP contribution is 2.33. The molecular formula is C19H20N2. The van der Waals surface area contributed by atoms with E-state index < -0.39 is 5.54 Å². The first-order valence-corrected chi connectivity index (χ1v) is 7.19. The van der Waals surface area contributed by atoms with Gasteiger partial charge in [0.25, 0.3) is 0 Å². The number of hydrogen-bond donors (Lipinski definition) is 2. The molecule has 0 aliphatic heterocycles. The Hall–Kier alpha value is -2.32. The third kappa shape index (κ3) is 2.63. The molecule has 4 N–H and O–H groups in total. The Labute approximate surface area is 125 Å². The summed E-state index contributed by atoms with van der Waals surface area (Å²) in [4.78, 5) is 0. The minimum absolute atomic E-state index is 0.414. The van der Waals surface area contributed by atoms with Crippen LogP contribution in [0.3, 0.4) is 0 Å². The van der Waals surface area contributed by atoms with Crippen molar-refractivity contribution in [3.05, 3.63) is 83.4 Å². The largest absolute Gasteiger partial charge is 0.399 e. The Morgan fingerprint density at radius 3 is 2.33 bits per heavy atom. The Morgan fingerprint density at radius 2 is 1.71 bits per heavy atom. The first kappa shape index (κ1) is 13.7. The van der Waals surface area contributed by atoms with Gasteiger partial charge in [0, 0.05) is 5.69 Å². The van der Waals surface area contributed by atoms with Gasteiger partial charge in [-0.05, 0) is 47.7 Å². The molecule has 0 spiro atoms. The van der Waals surface area contributed by atoms with Gasteiger partial charge < -0.3 is 11.5 Å². The van der Waals surface area contributed by atoms with Gasteiger partial charge in [0.15, 0.2) is 0 Å². The fourth-order valence-electron chi connectivity index (χ4n) is 2.84. The second-order valence-corrected chi connectivity index (χ2v) is 5.67. The van der Waals surface area contributed by atoms with E-state index in [1.165, 1.54) is 22.3 Å². The summed E-state index contributed by atoms with van der Waals surface area (Å²) in [6.07, 6.45) is 7.23. The zero-order chi connectivity index (χ0) is 14.9. The van der Waals surface area contributed by atoms with Crippen LogP contribution in [0.25, 0.3) is 5.57 Å². The average molecular weight is 276 g/mol. The molecule has 0 heterocycles. The van der Waals surface area contributed by atoms with Crippen LogP contribution in [0.5, 0.6) is 0 Å². The lowest BCUT2D eigenvalue weighted by Crippen LogP contribution is -2.35. The van der Waals surface area contributed by atoms with Gasteiger partial charge in [-0.3, -0.25) is 0 Å². The van der Waals surface area contributed by atoms with Crippen molar-refractivity contribution in [1.29, 1.82) is 0 Å². The topological polar surface area (TPSA) is 52.0 Å². The van der Waals surface area contributed by atoms with E-state index >= 15 is 0 Å². The van der Waals surface area contributed by atoms with Gasteiger partial charge in [-0.2, -0.15) is 0 Å². The van der Waals surface area contributed by atoms with Crippen LogP contribution < -0.4 is 11.5 Å². The third-order valence-electron chi connectivity index (χ3n) is 4.11. The maximum absolute atomic E-state index is 6.59. The first-order valence-electron chi connectivity index (χ1n) is 7.19. The maximum atomic E-state index is 6.59. The van der Waals surface area contributed by atoms with Crippen molar-refractivity contribution >= 4 is 11.3 Å². The summed E-state index contributed by atoms with van der Waals surface area (Å²) in [6, 6.07) is 16.3. The highest BCUT2D eigenvalue weighted by atomic mass is 14.7. The average Bonchev–Trinajstić information content (AvgIpc) is 2.49. The molecule has 2 aromatic carbocycles. The lowest BCUT2D eigenvalue weighted by Gasteiger charge is -2.30. The molecule has 0 amide bonds. The van der Waals surface area contributed by atoms with Crippen molar-refractivity contribution in [3.8, 4) is 0 Å². The molecule has 0 aromatic heterocycles. The van der Waals surface area contributed by atoms with Gasteiger partial charge in [-0.15, -0.1) is 0 Å². The van der Waals surface area contributed by atoms with Crippen LogP contribution in [-0.2, 0) is 5.54 Å². The van der Waals surface area contributed by atoms with Crippen molar-refractivity contribution in [2.24, 2.45) is 5.73 Å². The van der Waals surface area contributed by atoms with E-state index in [0.29, 0.717) is 0 Å². The summed E-state index contributed by atoms with van der Waals surface area (Å²) < 4.78 is 0. The zero-order valence-corrected chi connectivity index (χ0v) is 12.2. The van der Waals surface area contributed by atoms with E-state index in [1.54, 1.807) is 0 Å². The van der Waals surface area contributed by atoms with Crippen molar-refractivity contribution in [3.63, 3.8) is 0 Å². The Bertz CT molecular complexity index is 711. The van der Waals surface area contributed by atoms with Crippen LogP contribution >= 0.6 is 0 Å². The van der Waals surface area contributed by atoms with E-state index in [2.05, 4.69) is 37.3 Å². The maximum Gasteiger partial charge on any atom is 0.0636 e.